The number of rotatable bonds is 10. The van der Waals surface area contributed by atoms with Crippen LogP contribution in [-0.4, -0.2) is 61.5 Å². The van der Waals surface area contributed by atoms with Gasteiger partial charge in [-0.25, -0.2) is 9.37 Å². The molecule has 3 N–H and O–H groups in total. The van der Waals surface area contributed by atoms with E-state index in [0.29, 0.717) is 17.9 Å². The molecule has 0 radical (unpaired) electrons. The molecule has 0 bridgehead atoms. The van der Waals surface area contributed by atoms with Crippen molar-refractivity contribution in [2.24, 2.45) is 0 Å². The van der Waals surface area contributed by atoms with E-state index < -0.39 is 36.3 Å². The number of fused-ring (bicyclic) bond motifs is 1. The Labute approximate surface area is 254 Å². The van der Waals surface area contributed by atoms with Crippen molar-refractivity contribution in [1.82, 2.24) is 19.5 Å². The van der Waals surface area contributed by atoms with Gasteiger partial charge < -0.3 is 29.7 Å². The van der Waals surface area contributed by atoms with Crippen LogP contribution in [0.4, 0.5) is 10.3 Å². The fourth-order valence-corrected chi connectivity index (χ4v) is 5.90. The fraction of sp³-hybridized carbons (Fsp3) is 0.303. The standard InChI is InChI=1S/C33H34FN5O5/c1-4-43-28-26-27(39(21-35-26)29-31(2,41)19-32(34,20-40)44-29)36-30(37-28)38-33(22-11-7-5-8-12-22,23-13-9-6-10-14-23)24-15-17-25(42-3)18-16-24/h5-18,21,29,40-41H,4,19-20H2,1-3H3,(H,36,37,38)/t29-,31-,32+/m1/s1. The smallest absolute Gasteiger partial charge is 0.247 e. The number of benzene rings is 3. The van der Waals surface area contributed by atoms with E-state index in [1.165, 1.54) is 17.8 Å². The molecule has 0 saturated carbocycles. The van der Waals surface area contributed by atoms with Crippen LogP contribution in [0.25, 0.3) is 11.2 Å². The van der Waals surface area contributed by atoms with E-state index in [1.54, 1.807) is 7.11 Å². The number of aliphatic hydroxyl groups is 2. The fourth-order valence-electron chi connectivity index (χ4n) is 5.90. The molecule has 1 aliphatic heterocycles. The van der Waals surface area contributed by atoms with E-state index in [0.717, 1.165) is 16.7 Å². The minimum atomic E-state index is -2.42. The minimum Gasteiger partial charge on any atom is -0.497 e. The lowest BCUT2D eigenvalue weighted by Crippen LogP contribution is -2.39. The van der Waals surface area contributed by atoms with Gasteiger partial charge in [0, 0.05) is 6.42 Å². The van der Waals surface area contributed by atoms with Gasteiger partial charge >= 0.3 is 0 Å². The van der Waals surface area contributed by atoms with Crippen LogP contribution in [0.1, 0.15) is 43.2 Å². The lowest BCUT2D eigenvalue weighted by atomic mass is 9.77. The van der Waals surface area contributed by atoms with E-state index in [2.05, 4.69) is 10.3 Å². The predicted octanol–water partition coefficient (Wildman–Crippen LogP) is 4.97. The van der Waals surface area contributed by atoms with Gasteiger partial charge in [-0.1, -0.05) is 72.8 Å². The third kappa shape index (κ3) is 5.12. The van der Waals surface area contributed by atoms with Crippen LogP contribution in [0.15, 0.2) is 91.3 Å². The number of alkyl halides is 1. The number of nitrogens with zero attached hydrogens (tertiary/aromatic N) is 4. The van der Waals surface area contributed by atoms with Crippen LogP contribution in [0.5, 0.6) is 11.6 Å². The molecule has 5 aromatic rings. The summed E-state index contributed by atoms with van der Waals surface area (Å²) < 4.78 is 33.5. The third-order valence-electron chi connectivity index (χ3n) is 7.87. The second kappa shape index (κ2) is 11.5. The number of anilines is 1. The SMILES string of the molecule is CCOc1nc(NC(c2ccccc2)(c2ccccc2)c2ccc(OC)cc2)nc2c1ncn2[C@@H]1O[C@](F)(CO)C[C@@]1(C)O. The molecule has 1 fully saturated rings. The Bertz CT molecular complexity index is 1690. The zero-order valence-corrected chi connectivity index (χ0v) is 24.6. The van der Waals surface area contributed by atoms with E-state index >= 15 is 4.39 Å². The summed E-state index contributed by atoms with van der Waals surface area (Å²) in [4.78, 5) is 14.0. The number of ether oxygens (including phenoxy) is 3. The van der Waals surface area contributed by atoms with Gasteiger partial charge in [-0.2, -0.15) is 9.97 Å². The summed E-state index contributed by atoms with van der Waals surface area (Å²) >= 11 is 0. The monoisotopic (exact) mass is 599 g/mol. The molecule has 1 aliphatic rings. The molecule has 6 rings (SSSR count). The second-order valence-corrected chi connectivity index (χ2v) is 11.0. The first-order valence-electron chi connectivity index (χ1n) is 14.3. The quantitative estimate of drug-likeness (QED) is 0.191. The average molecular weight is 600 g/mol. The molecule has 0 unspecified atom stereocenters. The number of methoxy groups -OCH3 is 1. The summed E-state index contributed by atoms with van der Waals surface area (Å²) in [5.41, 5.74) is 0.624. The van der Waals surface area contributed by atoms with E-state index in [9.17, 15) is 10.2 Å². The summed E-state index contributed by atoms with van der Waals surface area (Å²) in [6.45, 7) is 2.67. The number of aromatic nitrogens is 4. The van der Waals surface area contributed by atoms with Crippen molar-refractivity contribution in [3.05, 3.63) is 108 Å². The van der Waals surface area contributed by atoms with Crippen molar-refractivity contribution in [3.8, 4) is 11.6 Å². The number of hydrogen-bond donors (Lipinski definition) is 3. The van der Waals surface area contributed by atoms with Crippen LogP contribution >= 0.6 is 0 Å². The molecule has 1 saturated heterocycles. The first kappa shape index (κ1) is 29.5. The lowest BCUT2D eigenvalue weighted by Gasteiger charge is -2.37. The van der Waals surface area contributed by atoms with Crippen molar-refractivity contribution in [2.75, 3.05) is 25.6 Å². The van der Waals surface area contributed by atoms with Gasteiger partial charge in [0.05, 0.1) is 20.0 Å². The Balaban J connectivity index is 1.57. The molecule has 2 aromatic heterocycles. The predicted molar refractivity (Wildman–Crippen MR) is 162 cm³/mol. The highest BCUT2D eigenvalue weighted by Crippen LogP contribution is 2.46. The number of halogens is 1. The Hall–Kier alpha value is -4.58. The van der Waals surface area contributed by atoms with Crippen LogP contribution in [-0.2, 0) is 10.3 Å². The maximum Gasteiger partial charge on any atom is 0.247 e. The zero-order valence-electron chi connectivity index (χ0n) is 24.6. The highest BCUT2D eigenvalue weighted by molar-refractivity contribution is 5.78. The number of imidazole rings is 1. The van der Waals surface area contributed by atoms with Crippen molar-refractivity contribution in [1.29, 1.82) is 0 Å². The summed E-state index contributed by atoms with van der Waals surface area (Å²) in [6, 6.07) is 27.6. The molecule has 10 nitrogen and oxygen atoms in total. The van der Waals surface area contributed by atoms with Crippen molar-refractivity contribution < 1.29 is 28.8 Å². The minimum absolute atomic E-state index is 0.192. The first-order chi connectivity index (χ1) is 21.2. The number of aliphatic hydroxyl groups excluding tert-OH is 1. The lowest BCUT2D eigenvalue weighted by molar-refractivity contribution is -0.183. The summed E-state index contributed by atoms with van der Waals surface area (Å²) in [5.74, 6) is -1.32. The van der Waals surface area contributed by atoms with Gasteiger partial charge in [-0.15, -0.1) is 0 Å². The number of nitrogens with one attached hydrogen (secondary N) is 1. The molecule has 44 heavy (non-hydrogen) atoms. The molecule has 0 spiro atoms. The first-order valence-corrected chi connectivity index (χ1v) is 14.3. The van der Waals surface area contributed by atoms with Crippen LogP contribution in [0.2, 0.25) is 0 Å². The molecule has 3 heterocycles. The Kier molecular flexibility index (Phi) is 7.70. The zero-order chi connectivity index (χ0) is 31.0. The van der Waals surface area contributed by atoms with E-state index in [1.807, 2.05) is 91.9 Å². The maximum absolute atomic E-state index is 15.2. The van der Waals surface area contributed by atoms with Crippen LogP contribution in [0, 0.1) is 0 Å². The summed E-state index contributed by atoms with van der Waals surface area (Å²) in [5, 5.41) is 24.4. The average Bonchev–Trinajstić information content (AvgIpc) is 3.57. The highest BCUT2D eigenvalue weighted by atomic mass is 19.2. The molecule has 11 heteroatoms. The van der Waals surface area contributed by atoms with Gasteiger partial charge in [0.1, 0.15) is 23.5 Å². The maximum atomic E-state index is 15.2. The second-order valence-electron chi connectivity index (χ2n) is 11.0. The molecule has 0 amide bonds. The molecule has 3 aromatic carbocycles. The van der Waals surface area contributed by atoms with Gasteiger partial charge in [0.25, 0.3) is 0 Å². The molecule has 3 atom stereocenters. The Morgan fingerprint density at radius 3 is 2.16 bits per heavy atom. The van der Waals surface area contributed by atoms with Gasteiger partial charge in [-0.05, 0) is 42.7 Å². The topological polar surface area (TPSA) is 124 Å². The van der Waals surface area contributed by atoms with Gasteiger partial charge in [0.15, 0.2) is 17.4 Å². The summed E-state index contributed by atoms with van der Waals surface area (Å²) in [6.07, 6.45) is -0.256. The van der Waals surface area contributed by atoms with Gasteiger partial charge in [0.2, 0.25) is 17.7 Å². The largest absolute Gasteiger partial charge is 0.497 e. The van der Waals surface area contributed by atoms with Gasteiger partial charge in [-0.3, -0.25) is 4.57 Å². The van der Waals surface area contributed by atoms with Crippen LogP contribution in [0.3, 0.4) is 0 Å². The number of hydrogen-bond acceptors (Lipinski definition) is 9. The summed E-state index contributed by atoms with van der Waals surface area (Å²) in [7, 11) is 1.62. The Morgan fingerprint density at radius 2 is 1.61 bits per heavy atom. The highest BCUT2D eigenvalue weighted by Gasteiger charge is 2.55. The van der Waals surface area contributed by atoms with Crippen molar-refractivity contribution >= 4 is 17.1 Å². The Morgan fingerprint density at radius 1 is 1.00 bits per heavy atom. The van der Waals surface area contributed by atoms with E-state index in [4.69, 9.17) is 24.2 Å². The van der Waals surface area contributed by atoms with E-state index in [-0.39, 0.29) is 17.5 Å². The van der Waals surface area contributed by atoms with Crippen LogP contribution < -0.4 is 14.8 Å². The normalized spacial score (nSPS) is 21.8. The van der Waals surface area contributed by atoms with Crippen molar-refractivity contribution in [2.45, 2.75) is 43.5 Å². The molecule has 228 valence electrons. The third-order valence-corrected chi connectivity index (χ3v) is 7.87. The molecular weight excluding hydrogens is 565 g/mol. The molecular formula is C33H34FN5O5. The van der Waals surface area contributed by atoms with Crippen molar-refractivity contribution in [3.63, 3.8) is 0 Å². The molecule has 0 aliphatic carbocycles.